The quantitative estimate of drug-likeness (QED) is 0.716. The van der Waals surface area contributed by atoms with Crippen molar-refractivity contribution >= 4 is 17.7 Å². The van der Waals surface area contributed by atoms with Gasteiger partial charge in [0.25, 0.3) is 0 Å². The fourth-order valence-electron chi connectivity index (χ4n) is 4.56. The van der Waals surface area contributed by atoms with Gasteiger partial charge in [-0.25, -0.2) is 0 Å². The highest BCUT2D eigenvalue weighted by Gasteiger charge is 2.55. The van der Waals surface area contributed by atoms with Crippen LogP contribution in [0.1, 0.15) is 45.4 Å². The van der Waals surface area contributed by atoms with Crippen molar-refractivity contribution in [1.82, 2.24) is 15.1 Å². The lowest BCUT2D eigenvalue weighted by molar-refractivity contribution is -0.144. The van der Waals surface area contributed by atoms with Crippen molar-refractivity contribution < 1.29 is 19.1 Å². The third-order valence-electron chi connectivity index (χ3n) is 6.54. The summed E-state index contributed by atoms with van der Waals surface area (Å²) in [5, 5.41) is 2.95. The summed E-state index contributed by atoms with van der Waals surface area (Å²) < 4.78 is 4.80. The average Bonchev–Trinajstić information content (AvgIpc) is 3.39. The molecule has 152 valence electrons. The Morgan fingerprint density at radius 2 is 1.93 bits per heavy atom. The maximum atomic E-state index is 12.8. The van der Waals surface area contributed by atoms with E-state index in [-0.39, 0.29) is 36.3 Å². The van der Waals surface area contributed by atoms with E-state index in [2.05, 4.69) is 12.2 Å². The molecule has 27 heavy (non-hydrogen) atoms. The van der Waals surface area contributed by atoms with E-state index in [0.717, 1.165) is 32.2 Å². The van der Waals surface area contributed by atoms with Crippen LogP contribution < -0.4 is 5.32 Å². The lowest BCUT2D eigenvalue weighted by Gasteiger charge is -2.44. The zero-order valence-electron chi connectivity index (χ0n) is 16.9. The van der Waals surface area contributed by atoms with Crippen LogP contribution >= 0.6 is 0 Å². The van der Waals surface area contributed by atoms with Crippen LogP contribution in [0.25, 0.3) is 0 Å². The van der Waals surface area contributed by atoms with Crippen molar-refractivity contribution in [2.24, 2.45) is 16.7 Å². The smallest absolute Gasteiger partial charge is 0.248 e. The van der Waals surface area contributed by atoms with E-state index in [0.29, 0.717) is 24.4 Å². The van der Waals surface area contributed by atoms with Crippen LogP contribution in [-0.4, -0.2) is 74.5 Å². The van der Waals surface area contributed by atoms with Gasteiger partial charge in [-0.15, -0.1) is 0 Å². The van der Waals surface area contributed by atoms with Gasteiger partial charge in [-0.05, 0) is 43.9 Å². The lowest BCUT2D eigenvalue weighted by atomic mass is 9.70. The van der Waals surface area contributed by atoms with Gasteiger partial charge in [-0.3, -0.25) is 14.4 Å². The Kier molecular flexibility index (Phi) is 5.79. The maximum absolute atomic E-state index is 12.8. The first-order valence-electron chi connectivity index (χ1n) is 10.0. The second-order valence-electron chi connectivity index (χ2n) is 9.24. The topological polar surface area (TPSA) is 79.0 Å². The normalized spacial score (nSPS) is 26.4. The van der Waals surface area contributed by atoms with Gasteiger partial charge in [0.15, 0.2) is 0 Å². The van der Waals surface area contributed by atoms with E-state index in [1.54, 1.807) is 7.05 Å². The molecule has 2 saturated carbocycles. The molecule has 1 heterocycles. The van der Waals surface area contributed by atoms with Crippen molar-refractivity contribution in [3.63, 3.8) is 0 Å². The summed E-state index contributed by atoms with van der Waals surface area (Å²) in [6.07, 6.45) is 6.74. The van der Waals surface area contributed by atoms with Gasteiger partial charge < -0.3 is 19.9 Å². The molecule has 3 fully saturated rings. The summed E-state index contributed by atoms with van der Waals surface area (Å²) in [6.45, 7) is 4.19. The Hall–Kier alpha value is -1.63. The number of hydrogen-bond acceptors (Lipinski definition) is 4. The molecule has 7 heteroatoms. The minimum Gasteiger partial charge on any atom is -0.375 e. The van der Waals surface area contributed by atoms with Crippen molar-refractivity contribution in [1.29, 1.82) is 0 Å². The molecule has 1 saturated heterocycles. The molecule has 1 spiro atoms. The lowest BCUT2D eigenvalue weighted by Crippen LogP contribution is -2.53. The fraction of sp³-hybridized carbons (Fsp3) is 0.850. The van der Waals surface area contributed by atoms with Crippen LogP contribution in [0, 0.1) is 16.7 Å². The second kappa shape index (κ2) is 7.78. The molecule has 3 rings (SSSR count). The Morgan fingerprint density at radius 3 is 2.56 bits per heavy atom. The Bertz CT molecular complexity index is 596. The van der Waals surface area contributed by atoms with E-state index < -0.39 is 0 Å². The third kappa shape index (κ3) is 4.81. The Balaban J connectivity index is 1.43. The number of carbonyl (C=O) groups is 3. The first kappa shape index (κ1) is 20.1. The fourth-order valence-corrected chi connectivity index (χ4v) is 4.56. The van der Waals surface area contributed by atoms with Crippen molar-refractivity contribution in [2.45, 2.75) is 45.4 Å². The second-order valence-corrected chi connectivity index (χ2v) is 9.24. The standard InChI is InChI=1S/C20H33N3O4/c1-19(13-21-16(24)11-22(2)17(25)12-27-3)5-4-8-23(14-19)18(26)15-9-20(10-15)6-7-20/h15H,4-14H2,1-3H3,(H,21,24). The van der Waals surface area contributed by atoms with Crippen molar-refractivity contribution in [3.8, 4) is 0 Å². The number of likely N-dealkylation sites (N-methyl/N-ethyl adjacent to an activating group) is 1. The molecule has 2 aliphatic carbocycles. The summed E-state index contributed by atoms with van der Waals surface area (Å²) in [7, 11) is 3.05. The van der Waals surface area contributed by atoms with Crippen molar-refractivity contribution in [3.05, 3.63) is 0 Å². The van der Waals surface area contributed by atoms with Gasteiger partial charge in [0.1, 0.15) is 6.61 Å². The minimum absolute atomic E-state index is 0.0189. The molecule has 3 aliphatic rings. The molecule has 0 bridgehead atoms. The molecule has 3 amide bonds. The zero-order chi connectivity index (χ0) is 19.7. The van der Waals surface area contributed by atoms with Crippen LogP contribution in [0.4, 0.5) is 0 Å². The Morgan fingerprint density at radius 1 is 1.22 bits per heavy atom. The number of nitrogens with zero attached hydrogens (tertiary/aromatic N) is 2. The molecule has 1 N–H and O–H groups in total. The summed E-state index contributed by atoms with van der Waals surface area (Å²) in [5.74, 6) is 0.142. The predicted molar refractivity (Wildman–Crippen MR) is 101 cm³/mol. The van der Waals surface area contributed by atoms with Crippen LogP contribution in [0.15, 0.2) is 0 Å². The van der Waals surface area contributed by atoms with Gasteiger partial charge in [-0.1, -0.05) is 6.92 Å². The molecule has 0 aromatic rings. The predicted octanol–water partition coefficient (Wildman–Crippen LogP) is 1.03. The number of ether oxygens (including phenoxy) is 1. The number of likely N-dealkylation sites (tertiary alicyclic amines) is 1. The number of methoxy groups -OCH3 is 1. The van der Waals surface area contributed by atoms with E-state index in [9.17, 15) is 14.4 Å². The molecule has 0 radical (unpaired) electrons. The summed E-state index contributed by atoms with van der Waals surface area (Å²) >= 11 is 0. The van der Waals surface area contributed by atoms with E-state index in [4.69, 9.17) is 4.74 Å². The first-order chi connectivity index (χ1) is 12.8. The number of nitrogens with one attached hydrogen (secondary N) is 1. The Labute approximate surface area is 161 Å². The number of rotatable bonds is 7. The molecule has 7 nitrogen and oxygen atoms in total. The van der Waals surface area contributed by atoms with Crippen LogP contribution in [-0.2, 0) is 19.1 Å². The van der Waals surface area contributed by atoms with E-state index in [1.807, 2.05) is 4.90 Å². The van der Waals surface area contributed by atoms with Crippen LogP contribution in [0.3, 0.4) is 0 Å². The largest absolute Gasteiger partial charge is 0.375 e. The molecule has 1 atom stereocenters. The first-order valence-corrected chi connectivity index (χ1v) is 10.0. The molecule has 1 unspecified atom stereocenters. The van der Waals surface area contributed by atoms with Gasteiger partial charge in [0.2, 0.25) is 17.7 Å². The van der Waals surface area contributed by atoms with Crippen molar-refractivity contribution in [2.75, 3.05) is 46.9 Å². The van der Waals surface area contributed by atoms with Gasteiger partial charge in [0.05, 0.1) is 6.54 Å². The number of hydrogen-bond donors (Lipinski definition) is 1. The van der Waals surface area contributed by atoms with Gasteiger partial charge in [-0.2, -0.15) is 0 Å². The highest BCUT2D eigenvalue weighted by atomic mass is 16.5. The number of amides is 3. The maximum Gasteiger partial charge on any atom is 0.248 e. The van der Waals surface area contributed by atoms with E-state index >= 15 is 0 Å². The summed E-state index contributed by atoms with van der Waals surface area (Å²) in [4.78, 5) is 40.0. The SMILES string of the molecule is COCC(=O)N(C)CC(=O)NCC1(C)CCCN(C(=O)C2CC3(CC3)C2)C1. The number of piperidine rings is 1. The molecule has 1 aliphatic heterocycles. The number of carbonyl (C=O) groups excluding carboxylic acids is 3. The monoisotopic (exact) mass is 379 g/mol. The molecular weight excluding hydrogens is 346 g/mol. The third-order valence-corrected chi connectivity index (χ3v) is 6.54. The molecular formula is C20H33N3O4. The summed E-state index contributed by atoms with van der Waals surface area (Å²) in [5.41, 5.74) is 0.430. The highest BCUT2D eigenvalue weighted by molar-refractivity contribution is 5.85. The molecule has 0 aromatic carbocycles. The minimum atomic E-state index is -0.220. The zero-order valence-corrected chi connectivity index (χ0v) is 16.9. The van der Waals surface area contributed by atoms with Crippen LogP contribution in [0.5, 0.6) is 0 Å². The van der Waals surface area contributed by atoms with Gasteiger partial charge in [0, 0.05) is 45.1 Å². The van der Waals surface area contributed by atoms with E-state index in [1.165, 1.54) is 24.9 Å². The van der Waals surface area contributed by atoms with Gasteiger partial charge >= 0.3 is 0 Å². The summed E-state index contributed by atoms with van der Waals surface area (Å²) in [6, 6.07) is 0. The average molecular weight is 380 g/mol. The molecule has 0 aromatic heterocycles. The highest BCUT2D eigenvalue weighted by Crippen LogP contribution is 2.63. The van der Waals surface area contributed by atoms with Crippen LogP contribution in [0.2, 0.25) is 0 Å².